The van der Waals surface area contributed by atoms with E-state index in [0.717, 1.165) is 0 Å². The topological polar surface area (TPSA) is 56.7 Å². The van der Waals surface area contributed by atoms with Gasteiger partial charge in [-0.2, -0.15) is 0 Å². The normalized spacial score (nSPS) is 12.4. The van der Waals surface area contributed by atoms with Gasteiger partial charge in [0.2, 0.25) is 5.91 Å². The van der Waals surface area contributed by atoms with Crippen molar-refractivity contribution in [1.29, 1.82) is 0 Å². The second kappa shape index (κ2) is 11.0. The van der Waals surface area contributed by atoms with Crippen LogP contribution in [0.1, 0.15) is 32.4 Å². The van der Waals surface area contributed by atoms with Crippen LogP contribution in [-0.4, -0.2) is 43.4 Å². The fourth-order valence-corrected chi connectivity index (χ4v) is 2.39. The third-order valence-corrected chi connectivity index (χ3v) is 3.77. The monoisotopic (exact) mass is 504 g/mol. The summed E-state index contributed by atoms with van der Waals surface area (Å²) < 4.78 is 13.7. The number of hydrogen-bond acceptors (Lipinski definition) is 2. The van der Waals surface area contributed by atoms with Gasteiger partial charge in [0.05, 0.1) is 11.1 Å². The van der Waals surface area contributed by atoms with E-state index < -0.39 is 5.82 Å². The largest absolute Gasteiger partial charge is 0.354 e. The quantitative estimate of drug-likeness (QED) is 0.277. The van der Waals surface area contributed by atoms with E-state index in [0.29, 0.717) is 16.5 Å². The summed E-state index contributed by atoms with van der Waals surface area (Å²) in [5.74, 6) is -0.218. The first-order chi connectivity index (χ1) is 11.1. The summed E-state index contributed by atoms with van der Waals surface area (Å²) in [5.41, 5.74) is 0.552. The Morgan fingerprint density at radius 2 is 1.80 bits per heavy atom. The minimum Gasteiger partial charge on any atom is -0.354 e. The zero-order valence-corrected chi connectivity index (χ0v) is 18.7. The van der Waals surface area contributed by atoms with Gasteiger partial charge in [-0.25, -0.2) is 9.38 Å². The highest BCUT2D eigenvalue weighted by atomic mass is 127. The van der Waals surface area contributed by atoms with Gasteiger partial charge in [-0.1, -0.05) is 23.2 Å². The van der Waals surface area contributed by atoms with Crippen LogP contribution in [0, 0.1) is 5.82 Å². The van der Waals surface area contributed by atoms with Crippen LogP contribution >= 0.6 is 47.2 Å². The molecule has 0 saturated heterocycles. The first-order valence-corrected chi connectivity index (χ1v) is 8.29. The molecule has 25 heavy (non-hydrogen) atoms. The van der Waals surface area contributed by atoms with Crippen molar-refractivity contribution in [2.24, 2.45) is 4.99 Å². The standard InChI is InChI=1S/C16H23Cl2FN4O.HI/c1-9(2)21-16(20-8-15(24)23(4)5)22-10(3)11-6-14(19)13(18)7-12(11)17;/h6-7,9-10H,8H2,1-5H3,(H2,20,21,22);1H. The molecule has 1 atom stereocenters. The Hall–Kier alpha value is -0.800. The molecule has 142 valence electrons. The highest BCUT2D eigenvalue weighted by Crippen LogP contribution is 2.28. The molecule has 0 aliphatic rings. The number of carbonyl (C=O) groups excluding carboxylic acids is 1. The van der Waals surface area contributed by atoms with Crippen molar-refractivity contribution in [1.82, 2.24) is 15.5 Å². The molecule has 0 aliphatic carbocycles. The zero-order valence-electron chi connectivity index (χ0n) is 14.9. The smallest absolute Gasteiger partial charge is 0.243 e. The van der Waals surface area contributed by atoms with Crippen LogP contribution < -0.4 is 10.6 Å². The summed E-state index contributed by atoms with van der Waals surface area (Å²) in [7, 11) is 3.33. The fraction of sp³-hybridized carbons (Fsp3) is 0.500. The third kappa shape index (κ3) is 7.96. The van der Waals surface area contributed by atoms with Gasteiger partial charge >= 0.3 is 0 Å². The SMILES string of the molecule is CC(C)NC(=NCC(=O)N(C)C)NC(C)c1cc(F)c(Cl)cc1Cl.I. The number of halogens is 4. The molecule has 0 aromatic heterocycles. The summed E-state index contributed by atoms with van der Waals surface area (Å²) in [6.07, 6.45) is 0. The van der Waals surface area contributed by atoms with E-state index in [1.165, 1.54) is 17.0 Å². The Morgan fingerprint density at radius 3 is 2.32 bits per heavy atom. The second-order valence-corrected chi connectivity index (χ2v) is 6.72. The third-order valence-electron chi connectivity index (χ3n) is 3.16. The lowest BCUT2D eigenvalue weighted by atomic mass is 10.1. The number of carbonyl (C=O) groups is 1. The highest BCUT2D eigenvalue weighted by Gasteiger charge is 2.15. The molecular formula is C16H24Cl2FIN4O. The summed E-state index contributed by atoms with van der Waals surface area (Å²) in [4.78, 5) is 17.4. The van der Waals surface area contributed by atoms with E-state index in [-0.39, 0.29) is 53.5 Å². The van der Waals surface area contributed by atoms with E-state index in [1.54, 1.807) is 14.1 Å². The van der Waals surface area contributed by atoms with Gasteiger partial charge in [0.25, 0.3) is 0 Å². The van der Waals surface area contributed by atoms with Crippen LogP contribution in [0.4, 0.5) is 4.39 Å². The number of guanidine groups is 1. The van der Waals surface area contributed by atoms with Crippen LogP contribution in [0.5, 0.6) is 0 Å². The first kappa shape index (κ1) is 24.2. The van der Waals surface area contributed by atoms with Gasteiger partial charge in [0, 0.05) is 25.2 Å². The van der Waals surface area contributed by atoms with Crippen molar-refractivity contribution in [2.45, 2.75) is 32.9 Å². The molecule has 9 heteroatoms. The number of rotatable bonds is 5. The molecule has 1 aromatic carbocycles. The lowest BCUT2D eigenvalue weighted by Crippen LogP contribution is -2.43. The maximum absolute atomic E-state index is 13.7. The zero-order chi connectivity index (χ0) is 18.4. The van der Waals surface area contributed by atoms with Gasteiger partial charge in [-0.15, -0.1) is 24.0 Å². The van der Waals surface area contributed by atoms with E-state index in [9.17, 15) is 9.18 Å². The molecule has 0 radical (unpaired) electrons. The van der Waals surface area contributed by atoms with Gasteiger partial charge in [-0.05, 0) is 38.5 Å². The Labute approximate surface area is 175 Å². The van der Waals surface area contributed by atoms with E-state index >= 15 is 0 Å². The summed E-state index contributed by atoms with van der Waals surface area (Å²) in [6, 6.07) is 2.44. The van der Waals surface area contributed by atoms with E-state index in [2.05, 4.69) is 15.6 Å². The summed E-state index contributed by atoms with van der Waals surface area (Å²) in [6.45, 7) is 5.72. The van der Waals surface area contributed by atoms with Crippen molar-refractivity contribution in [3.8, 4) is 0 Å². The number of hydrogen-bond donors (Lipinski definition) is 2. The van der Waals surface area contributed by atoms with Crippen LogP contribution in [0.3, 0.4) is 0 Å². The summed E-state index contributed by atoms with van der Waals surface area (Å²) in [5, 5.41) is 6.58. The second-order valence-electron chi connectivity index (χ2n) is 5.91. The number of nitrogens with one attached hydrogen (secondary N) is 2. The first-order valence-electron chi connectivity index (χ1n) is 7.54. The van der Waals surface area contributed by atoms with E-state index in [4.69, 9.17) is 23.2 Å². The van der Waals surface area contributed by atoms with Crippen molar-refractivity contribution in [3.63, 3.8) is 0 Å². The molecule has 0 spiro atoms. The number of amides is 1. The van der Waals surface area contributed by atoms with Gasteiger partial charge < -0.3 is 15.5 Å². The molecule has 0 aliphatic heterocycles. The average molecular weight is 505 g/mol. The van der Waals surface area contributed by atoms with Crippen LogP contribution in [0.25, 0.3) is 0 Å². The molecule has 1 unspecified atom stereocenters. The predicted molar refractivity (Wildman–Crippen MR) is 113 cm³/mol. The number of nitrogens with zero attached hydrogens (tertiary/aromatic N) is 2. The van der Waals surface area contributed by atoms with Gasteiger partial charge in [0.1, 0.15) is 12.4 Å². The minimum atomic E-state index is -0.539. The Kier molecular flexibility index (Phi) is 10.7. The van der Waals surface area contributed by atoms with Crippen molar-refractivity contribution < 1.29 is 9.18 Å². The molecule has 0 fully saturated rings. The lowest BCUT2D eigenvalue weighted by molar-refractivity contribution is -0.127. The molecule has 2 N–H and O–H groups in total. The summed E-state index contributed by atoms with van der Waals surface area (Å²) >= 11 is 11.9. The molecule has 0 bridgehead atoms. The Bertz CT molecular complexity index is 626. The maximum Gasteiger partial charge on any atom is 0.243 e. The number of aliphatic imine (C=N–C) groups is 1. The van der Waals surface area contributed by atoms with E-state index in [1.807, 2.05) is 20.8 Å². The van der Waals surface area contributed by atoms with Crippen molar-refractivity contribution >= 4 is 59.0 Å². The van der Waals surface area contributed by atoms with Crippen LogP contribution in [-0.2, 0) is 4.79 Å². The predicted octanol–water partition coefficient (Wildman–Crippen LogP) is 3.84. The molecule has 0 saturated carbocycles. The molecule has 1 aromatic rings. The van der Waals surface area contributed by atoms with Crippen LogP contribution in [0.2, 0.25) is 10.0 Å². The Balaban J connectivity index is 0.00000576. The molecular weight excluding hydrogens is 481 g/mol. The fourth-order valence-electron chi connectivity index (χ4n) is 1.85. The lowest BCUT2D eigenvalue weighted by Gasteiger charge is -2.21. The molecule has 1 rings (SSSR count). The maximum atomic E-state index is 13.7. The number of likely N-dealkylation sites (N-methyl/N-ethyl adjacent to an activating group) is 1. The molecule has 5 nitrogen and oxygen atoms in total. The highest BCUT2D eigenvalue weighted by molar-refractivity contribution is 14.0. The number of benzene rings is 1. The molecule has 1 amide bonds. The van der Waals surface area contributed by atoms with Gasteiger partial charge in [0.15, 0.2) is 5.96 Å². The van der Waals surface area contributed by atoms with Crippen molar-refractivity contribution in [3.05, 3.63) is 33.6 Å². The molecule has 0 heterocycles. The van der Waals surface area contributed by atoms with Crippen LogP contribution in [0.15, 0.2) is 17.1 Å². The minimum absolute atomic E-state index is 0. The Morgan fingerprint density at radius 1 is 1.20 bits per heavy atom. The average Bonchev–Trinajstić information content (AvgIpc) is 2.47. The van der Waals surface area contributed by atoms with Crippen molar-refractivity contribution in [2.75, 3.05) is 20.6 Å². The van der Waals surface area contributed by atoms with Gasteiger partial charge in [-0.3, -0.25) is 4.79 Å².